The molecule has 0 spiro atoms. The number of esters is 1. The predicted octanol–water partition coefficient (Wildman–Crippen LogP) is 0.0718. The molecule has 1 unspecified atom stereocenters. The number of fused-ring (bicyclic) bond motifs is 7. The van der Waals surface area contributed by atoms with Crippen LogP contribution in [-0.2, 0) is 33.2 Å². The molecule has 3 heterocycles. The van der Waals surface area contributed by atoms with E-state index in [4.69, 9.17) is 33.2 Å². The van der Waals surface area contributed by atoms with Crippen molar-refractivity contribution in [2.75, 3.05) is 38.8 Å². The van der Waals surface area contributed by atoms with Gasteiger partial charge in [0.05, 0.1) is 55.2 Å². The van der Waals surface area contributed by atoms with Crippen LogP contribution in [0.15, 0.2) is 35.9 Å². The second kappa shape index (κ2) is 21.1. The van der Waals surface area contributed by atoms with Gasteiger partial charge in [0.1, 0.15) is 73.8 Å². The number of hydrogen-bond donors (Lipinski definition) is 13. The molecule has 8 aliphatic rings. The first kappa shape index (κ1) is 58.2. The number of ether oxygens (including phenoxy) is 7. The van der Waals surface area contributed by atoms with Gasteiger partial charge in [-0.25, -0.2) is 4.79 Å². The van der Waals surface area contributed by atoms with Gasteiger partial charge in [-0.1, -0.05) is 72.2 Å². The van der Waals surface area contributed by atoms with E-state index in [9.17, 15) is 66.1 Å². The third kappa shape index (κ3) is 9.30. The Balaban J connectivity index is 0.894. The van der Waals surface area contributed by atoms with Crippen molar-refractivity contribution in [2.45, 2.75) is 204 Å². The number of carbonyl (C=O) groups is 1. The number of anilines is 1. The van der Waals surface area contributed by atoms with Crippen molar-refractivity contribution in [3.8, 4) is 0 Å². The second-order valence-electron chi connectivity index (χ2n) is 25.6. The molecule has 3 saturated heterocycles. The average Bonchev–Trinajstić information content (AvgIpc) is 3.50. The van der Waals surface area contributed by atoms with Crippen molar-refractivity contribution in [1.29, 1.82) is 0 Å². The lowest BCUT2D eigenvalue weighted by molar-refractivity contribution is -0.348. The molecule has 3 aliphatic heterocycles. The van der Waals surface area contributed by atoms with Crippen molar-refractivity contribution in [2.24, 2.45) is 50.2 Å². The number of aliphatic hydroxyl groups excluding tert-OH is 12. The van der Waals surface area contributed by atoms with Gasteiger partial charge in [-0.15, -0.1) is 0 Å². The van der Waals surface area contributed by atoms with Crippen molar-refractivity contribution in [3.05, 3.63) is 41.5 Å². The highest BCUT2D eigenvalue weighted by molar-refractivity contribution is 5.95. The lowest BCUT2D eigenvalue weighted by atomic mass is 9.33. The molecule has 9 rings (SSSR count). The van der Waals surface area contributed by atoms with Gasteiger partial charge in [0.15, 0.2) is 18.9 Å². The first-order chi connectivity index (χ1) is 35.6. The minimum Gasteiger partial charge on any atom is -0.461 e. The standard InChI is InChI=1S/C55H85NO20/c1-50(2)19-27-26-13-14-33-52(5)17-16-35(76-49-43(66)40(63)38(61)31(75-49)23-72-48-42(65)39(62)37(60)30(74-48)22-71-47-41(64)36(59)29(57)21-70-47)51(3,4)32(52)15-18-53(33,6)54(26,7)20-34(58)55(27,45(68)44(50)67)24-73-46(69)25-11-9-10-12-28(25)56-8/h9-13,27,29-45,47-49,56-68H,14-24H2,1-8H3/t27?,29-,30-,31-,32+,33-,34+,35+,36+,37-,38-,39+,40+,41-,42-,43-,44+,45+,47+,48-,49+,52+,53-,54-,55+/m1/s1. The van der Waals surface area contributed by atoms with Gasteiger partial charge in [-0.05, 0) is 102 Å². The fourth-order valence-electron chi connectivity index (χ4n) is 16.1. The Labute approximate surface area is 444 Å². The average molecular weight is 1080 g/mol. The van der Waals surface area contributed by atoms with Gasteiger partial charge < -0.3 is 99.8 Å². The SMILES string of the molecule is CNc1ccccc1C(=O)OC[C@@]12C(CC(C)(C)[C@@H](O)[C@@H]1O)C1=CC[C@@H]3[C@@]4(C)CC[C@H](O[C@@H]5O[C@H](CO[C@@H]6O[C@H](CO[C@@H]7OC[C@@H](O)[C@H](O)[C@H]7O)[C@@H](O)[C@H](O)[C@H]6O)[C@@H](O)[C@H](O)[C@H]5O)C(C)(C)[C@@H]4CC[C@@]3(C)[C@]1(C)C[C@@H]2O. The highest BCUT2D eigenvalue weighted by Crippen LogP contribution is 2.76. The lowest BCUT2D eigenvalue weighted by Gasteiger charge is -2.72. The number of allylic oxidation sites excluding steroid dienone is 2. The van der Waals surface area contributed by atoms with E-state index in [0.717, 1.165) is 31.3 Å². The summed E-state index contributed by atoms with van der Waals surface area (Å²) in [5.41, 5.74) is -1.72. The van der Waals surface area contributed by atoms with E-state index in [1.54, 1.807) is 25.2 Å². The molecule has 0 aromatic heterocycles. The van der Waals surface area contributed by atoms with E-state index < -0.39 is 157 Å². The Kier molecular flexibility index (Phi) is 16.2. The molecule has 21 nitrogen and oxygen atoms in total. The summed E-state index contributed by atoms with van der Waals surface area (Å²) in [6.07, 6.45) is -19.6. The molecule has 0 amide bonds. The third-order valence-electron chi connectivity index (χ3n) is 20.9. The zero-order valence-electron chi connectivity index (χ0n) is 44.9. The number of rotatable bonds is 12. The summed E-state index contributed by atoms with van der Waals surface area (Å²) < 4.78 is 41.2. The first-order valence-electron chi connectivity index (χ1n) is 27.2. The Morgan fingerprint density at radius 3 is 1.95 bits per heavy atom. The van der Waals surface area contributed by atoms with Crippen LogP contribution in [-0.4, -0.2) is 211 Å². The zero-order chi connectivity index (χ0) is 55.4. The zero-order valence-corrected chi connectivity index (χ0v) is 44.9. The van der Waals surface area contributed by atoms with Crippen LogP contribution in [0.1, 0.15) is 104 Å². The van der Waals surface area contributed by atoms with Gasteiger partial charge >= 0.3 is 5.97 Å². The number of aliphatic hydroxyl groups is 12. The Bertz CT molecular complexity index is 2270. The van der Waals surface area contributed by atoms with Crippen molar-refractivity contribution in [1.82, 2.24) is 0 Å². The highest BCUT2D eigenvalue weighted by Gasteiger charge is 2.73. The first-order valence-corrected chi connectivity index (χ1v) is 27.2. The third-order valence-corrected chi connectivity index (χ3v) is 20.9. The minimum absolute atomic E-state index is 0.0945. The Morgan fingerprint density at radius 2 is 1.29 bits per heavy atom. The van der Waals surface area contributed by atoms with E-state index in [0.29, 0.717) is 24.1 Å². The largest absolute Gasteiger partial charge is 0.461 e. The lowest BCUT2D eigenvalue weighted by Crippen LogP contribution is -2.71. The number of para-hydroxylation sites is 1. The Hall–Kier alpha value is -2.49. The molecule has 7 fully saturated rings. The number of benzene rings is 1. The molecule has 0 radical (unpaired) electrons. The molecule has 5 aliphatic carbocycles. The van der Waals surface area contributed by atoms with Crippen LogP contribution < -0.4 is 5.32 Å². The number of carbonyl (C=O) groups excluding carboxylic acids is 1. The van der Waals surface area contributed by atoms with Crippen molar-refractivity contribution in [3.63, 3.8) is 0 Å². The van der Waals surface area contributed by atoms with Crippen LogP contribution in [0.4, 0.5) is 5.69 Å². The molecule has 21 heteroatoms. The van der Waals surface area contributed by atoms with E-state index in [1.165, 1.54) is 0 Å². The molecule has 13 N–H and O–H groups in total. The van der Waals surface area contributed by atoms with E-state index in [-0.39, 0.29) is 42.3 Å². The molecule has 25 atom stereocenters. The highest BCUT2D eigenvalue weighted by atomic mass is 16.7. The maximum absolute atomic E-state index is 13.7. The molecular weight excluding hydrogens is 995 g/mol. The number of nitrogens with one attached hydrogen (secondary N) is 1. The summed E-state index contributed by atoms with van der Waals surface area (Å²) >= 11 is 0. The smallest absolute Gasteiger partial charge is 0.340 e. The maximum atomic E-state index is 13.7. The fourth-order valence-corrected chi connectivity index (χ4v) is 16.1. The molecule has 1 aromatic carbocycles. The summed E-state index contributed by atoms with van der Waals surface area (Å²) in [5.74, 6) is -0.776. The van der Waals surface area contributed by atoms with Crippen LogP contribution in [0, 0.1) is 50.2 Å². The van der Waals surface area contributed by atoms with Crippen molar-refractivity contribution >= 4 is 11.7 Å². The van der Waals surface area contributed by atoms with Gasteiger partial charge in [0.25, 0.3) is 0 Å². The summed E-state index contributed by atoms with van der Waals surface area (Å²) in [6.45, 7) is 13.4. The molecular formula is C55H85NO20. The van der Waals surface area contributed by atoms with E-state index in [1.807, 2.05) is 19.9 Å². The quantitative estimate of drug-likeness (QED) is 0.0748. The van der Waals surface area contributed by atoms with Crippen LogP contribution in [0.3, 0.4) is 0 Å². The number of hydrogen-bond acceptors (Lipinski definition) is 21. The second-order valence-corrected chi connectivity index (χ2v) is 25.6. The molecule has 1 aromatic rings. The molecule has 76 heavy (non-hydrogen) atoms. The van der Waals surface area contributed by atoms with E-state index in [2.05, 4.69) is 46.0 Å². The fraction of sp³-hybridized carbons (Fsp3) is 0.836. The predicted molar refractivity (Wildman–Crippen MR) is 267 cm³/mol. The van der Waals surface area contributed by atoms with Gasteiger partial charge in [0, 0.05) is 12.7 Å². The Morgan fingerprint density at radius 1 is 0.684 bits per heavy atom. The molecule has 4 saturated carbocycles. The molecule has 430 valence electrons. The summed E-state index contributed by atoms with van der Waals surface area (Å²) in [6, 6.07) is 6.98. The molecule has 0 bridgehead atoms. The topological polar surface area (TPSA) is 336 Å². The van der Waals surface area contributed by atoms with Crippen LogP contribution in [0.25, 0.3) is 0 Å². The van der Waals surface area contributed by atoms with Crippen LogP contribution in [0.5, 0.6) is 0 Å². The van der Waals surface area contributed by atoms with Crippen LogP contribution >= 0.6 is 0 Å². The van der Waals surface area contributed by atoms with E-state index >= 15 is 0 Å². The summed E-state index contributed by atoms with van der Waals surface area (Å²) in [7, 11) is 1.71. The maximum Gasteiger partial charge on any atom is 0.340 e. The minimum atomic E-state index is -1.80. The monoisotopic (exact) mass is 1080 g/mol. The van der Waals surface area contributed by atoms with Crippen LogP contribution in [0.2, 0.25) is 0 Å². The summed E-state index contributed by atoms with van der Waals surface area (Å²) in [5, 5.41) is 136. The van der Waals surface area contributed by atoms with Gasteiger partial charge in [-0.3, -0.25) is 0 Å². The van der Waals surface area contributed by atoms with Gasteiger partial charge in [-0.2, -0.15) is 0 Å². The van der Waals surface area contributed by atoms with Gasteiger partial charge in [0.2, 0.25) is 0 Å². The normalized spacial score (nSPS) is 49.7. The van der Waals surface area contributed by atoms with Crippen molar-refractivity contribution < 1.29 is 99.2 Å². The summed E-state index contributed by atoms with van der Waals surface area (Å²) in [4.78, 5) is 13.7.